The zero-order valence-electron chi connectivity index (χ0n) is 14.2. The Kier molecular flexibility index (Phi) is 9.43. The van der Waals surface area contributed by atoms with Gasteiger partial charge >= 0.3 is 5.97 Å². The fourth-order valence-corrected chi connectivity index (χ4v) is 1.97. The molecular formula is C15H29N3O5. The lowest BCUT2D eigenvalue weighted by molar-refractivity contribution is -0.144. The van der Waals surface area contributed by atoms with E-state index in [9.17, 15) is 19.5 Å². The summed E-state index contributed by atoms with van der Waals surface area (Å²) in [7, 11) is 0. The zero-order valence-corrected chi connectivity index (χ0v) is 14.2. The van der Waals surface area contributed by atoms with Crippen molar-refractivity contribution in [2.45, 2.75) is 58.7 Å². The number of aliphatic hydroxyl groups is 1. The van der Waals surface area contributed by atoms with Gasteiger partial charge in [-0.25, -0.2) is 4.79 Å². The summed E-state index contributed by atoms with van der Waals surface area (Å²) in [5.41, 5.74) is 5.44. The highest BCUT2D eigenvalue weighted by Gasteiger charge is 2.32. The summed E-state index contributed by atoms with van der Waals surface area (Å²) in [6.45, 7) is 6.66. The molecule has 0 fully saturated rings. The fraction of sp³-hybridized carbons (Fsp3) is 0.800. The molecule has 0 spiro atoms. The highest BCUT2D eigenvalue weighted by atomic mass is 16.4. The number of amides is 2. The Bertz CT molecular complexity index is 416. The number of aliphatic hydroxyl groups excluding tert-OH is 1. The number of rotatable bonds is 10. The first-order valence-corrected chi connectivity index (χ1v) is 7.89. The molecule has 0 aliphatic heterocycles. The van der Waals surface area contributed by atoms with E-state index in [0.29, 0.717) is 12.8 Å². The second-order valence-electron chi connectivity index (χ2n) is 5.87. The zero-order chi connectivity index (χ0) is 18.2. The number of nitrogens with two attached hydrogens (primary N) is 1. The molecule has 2 amide bonds. The van der Waals surface area contributed by atoms with Crippen LogP contribution >= 0.6 is 0 Å². The Labute approximate surface area is 136 Å². The van der Waals surface area contributed by atoms with Gasteiger partial charge in [0.25, 0.3) is 0 Å². The van der Waals surface area contributed by atoms with Gasteiger partial charge in [-0.05, 0) is 11.8 Å². The van der Waals surface area contributed by atoms with Crippen LogP contribution in [-0.2, 0) is 14.4 Å². The van der Waals surface area contributed by atoms with Crippen LogP contribution in [-0.4, -0.2) is 52.7 Å². The van der Waals surface area contributed by atoms with Crippen molar-refractivity contribution in [3.05, 3.63) is 0 Å². The molecule has 134 valence electrons. The van der Waals surface area contributed by atoms with Crippen molar-refractivity contribution in [1.82, 2.24) is 10.6 Å². The minimum absolute atomic E-state index is 0.212. The van der Waals surface area contributed by atoms with Crippen LogP contribution in [0.2, 0.25) is 0 Å². The predicted octanol–water partition coefficient (Wildman–Crippen LogP) is -0.548. The van der Waals surface area contributed by atoms with Gasteiger partial charge in [0.1, 0.15) is 18.1 Å². The number of carbonyl (C=O) groups excluding carboxylic acids is 2. The lowest BCUT2D eigenvalue weighted by Gasteiger charge is -2.28. The van der Waals surface area contributed by atoms with E-state index in [1.807, 2.05) is 13.8 Å². The first-order valence-electron chi connectivity index (χ1n) is 7.89. The number of carboxylic acids is 1. The quantitative estimate of drug-likeness (QED) is 0.364. The molecule has 5 atom stereocenters. The van der Waals surface area contributed by atoms with E-state index < -0.39 is 42.5 Å². The minimum Gasteiger partial charge on any atom is -0.480 e. The molecule has 0 heterocycles. The summed E-state index contributed by atoms with van der Waals surface area (Å²) in [5, 5.41) is 23.1. The van der Waals surface area contributed by atoms with Crippen molar-refractivity contribution in [2.75, 3.05) is 6.61 Å². The summed E-state index contributed by atoms with van der Waals surface area (Å²) in [6, 6.07) is -3.06. The van der Waals surface area contributed by atoms with Crippen molar-refractivity contribution in [2.24, 2.45) is 17.6 Å². The Morgan fingerprint density at radius 3 is 1.78 bits per heavy atom. The first kappa shape index (κ1) is 21.3. The van der Waals surface area contributed by atoms with Crippen LogP contribution in [0.15, 0.2) is 0 Å². The SMILES string of the molecule is CCC(C)C(NC(=O)C(NC(=O)C(N)CO)C(C)CC)C(=O)O. The summed E-state index contributed by atoms with van der Waals surface area (Å²) < 4.78 is 0. The van der Waals surface area contributed by atoms with Gasteiger partial charge in [-0.2, -0.15) is 0 Å². The monoisotopic (exact) mass is 331 g/mol. The maximum Gasteiger partial charge on any atom is 0.326 e. The molecule has 6 N–H and O–H groups in total. The van der Waals surface area contributed by atoms with Crippen molar-refractivity contribution < 1.29 is 24.6 Å². The number of hydrogen-bond donors (Lipinski definition) is 5. The average molecular weight is 331 g/mol. The van der Waals surface area contributed by atoms with Crippen molar-refractivity contribution in [3.8, 4) is 0 Å². The molecule has 0 bridgehead atoms. The molecule has 8 nitrogen and oxygen atoms in total. The normalized spacial score (nSPS) is 17.5. The standard InChI is InChI=1S/C15H29N3O5/c1-5-8(3)11(17-13(20)10(16)7-19)14(21)18-12(15(22)23)9(4)6-2/h8-12,19H,5-7,16H2,1-4H3,(H,17,20)(H,18,21)(H,22,23). The second-order valence-corrected chi connectivity index (χ2v) is 5.87. The molecule has 0 aromatic rings. The molecule has 23 heavy (non-hydrogen) atoms. The Morgan fingerprint density at radius 2 is 1.39 bits per heavy atom. The topological polar surface area (TPSA) is 142 Å². The number of carbonyl (C=O) groups is 3. The van der Waals surface area contributed by atoms with Crippen molar-refractivity contribution >= 4 is 17.8 Å². The number of carboxylic acid groups (broad SMARTS) is 1. The molecule has 5 unspecified atom stereocenters. The smallest absolute Gasteiger partial charge is 0.326 e. The van der Waals surface area contributed by atoms with E-state index in [4.69, 9.17) is 10.8 Å². The van der Waals surface area contributed by atoms with Gasteiger partial charge in [-0.15, -0.1) is 0 Å². The largest absolute Gasteiger partial charge is 0.480 e. The van der Waals surface area contributed by atoms with E-state index in [2.05, 4.69) is 10.6 Å². The Balaban J connectivity index is 5.13. The maximum atomic E-state index is 12.4. The molecule has 0 aromatic carbocycles. The third-order valence-electron chi connectivity index (χ3n) is 4.10. The summed E-state index contributed by atoms with van der Waals surface area (Å²) in [6.07, 6.45) is 1.20. The van der Waals surface area contributed by atoms with E-state index in [1.165, 1.54) is 0 Å². The number of hydrogen-bond acceptors (Lipinski definition) is 5. The summed E-state index contributed by atoms with van der Waals surface area (Å²) in [5.74, 6) is -2.79. The highest BCUT2D eigenvalue weighted by Crippen LogP contribution is 2.12. The van der Waals surface area contributed by atoms with Gasteiger partial charge in [0.15, 0.2) is 0 Å². The Morgan fingerprint density at radius 1 is 0.957 bits per heavy atom. The molecule has 0 rings (SSSR count). The van der Waals surface area contributed by atoms with Gasteiger partial charge in [-0.1, -0.05) is 40.5 Å². The molecule has 0 radical (unpaired) electrons. The van der Waals surface area contributed by atoms with Crippen LogP contribution in [0.1, 0.15) is 40.5 Å². The summed E-state index contributed by atoms with van der Waals surface area (Å²) in [4.78, 5) is 35.6. The van der Waals surface area contributed by atoms with Crippen LogP contribution < -0.4 is 16.4 Å². The number of aliphatic carboxylic acids is 1. The van der Waals surface area contributed by atoms with E-state index in [0.717, 1.165) is 0 Å². The van der Waals surface area contributed by atoms with Crippen LogP contribution in [0.4, 0.5) is 0 Å². The molecule has 0 aliphatic carbocycles. The van der Waals surface area contributed by atoms with Gasteiger partial charge in [0.2, 0.25) is 11.8 Å². The maximum absolute atomic E-state index is 12.4. The predicted molar refractivity (Wildman–Crippen MR) is 85.5 cm³/mol. The van der Waals surface area contributed by atoms with Crippen LogP contribution in [0.5, 0.6) is 0 Å². The summed E-state index contributed by atoms with van der Waals surface area (Å²) >= 11 is 0. The van der Waals surface area contributed by atoms with E-state index >= 15 is 0 Å². The fourth-order valence-electron chi connectivity index (χ4n) is 1.97. The average Bonchev–Trinajstić information content (AvgIpc) is 2.54. The van der Waals surface area contributed by atoms with Crippen LogP contribution in [0.25, 0.3) is 0 Å². The van der Waals surface area contributed by atoms with Gasteiger partial charge in [0.05, 0.1) is 6.61 Å². The van der Waals surface area contributed by atoms with E-state index in [1.54, 1.807) is 13.8 Å². The second kappa shape index (κ2) is 10.2. The lowest BCUT2D eigenvalue weighted by atomic mass is 9.95. The van der Waals surface area contributed by atoms with Crippen LogP contribution in [0.3, 0.4) is 0 Å². The number of nitrogens with one attached hydrogen (secondary N) is 2. The first-order chi connectivity index (χ1) is 10.7. The van der Waals surface area contributed by atoms with Crippen LogP contribution in [0, 0.1) is 11.8 Å². The Hall–Kier alpha value is -1.67. The molecule has 0 saturated carbocycles. The van der Waals surface area contributed by atoms with Gasteiger partial charge < -0.3 is 26.6 Å². The van der Waals surface area contributed by atoms with Crippen molar-refractivity contribution in [1.29, 1.82) is 0 Å². The van der Waals surface area contributed by atoms with Crippen molar-refractivity contribution in [3.63, 3.8) is 0 Å². The van der Waals surface area contributed by atoms with Gasteiger partial charge in [0, 0.05) is 0 Å². The molecular weight excluding hydrogens is 302 g/mol. The molecule has 8 heteroatoms. The minimum atomic E-state index is -1.13. The van der Waals surface area contributed by atoms with E-state index in [-0.39, 0.29) is 11.8 Å². The highest BCUT2D eigenvalue weighted by molar-refractivity contribution is 5.92. The molecule has 0 aliphatic rings. The molecule has 0 saturated heterocycles. The third-order valence-corrected chi connectivity index (χ3v) is 4.10. The van der Waals surface area contributed by atoms with Gasteiger partial charge in [-0.3, -0.25) is 9.59 Å². The third kappa shape index (κ3) is 6.54. The lowest BCUT2D eigenvalue weighted by Crippen LogP contribution is -2.58. The molecule has 0 aromatic heterocycles.